The summed E-state index contributed by atoms with van der Waals surface area (Å²) < 4.78 is 31.9. The van der Waals surface area contributed by atoms with Crippen LogP contribution in [0.4, 0.5) is 0 Å². The highest BCUT2D eigenvalue weighted by molar-refractivity contribution is 8.00. The molecule has 27 heavy (non-hydrogen) atoms. The monoisotopic (exact) mass is 422 g/mol. The van der Waals surface area contributed by atoms with Crippen LogP contribution in [0.2, 0.25) is 0 Å². The van der Waals surface area contributed by atoms with Gasteiger partial charge in [0.15, 0.2) is 0 Å². The zero-order valence-electron chi connectivity index (χ0n) is 14.8. The Morgan fingerprint density at radius 1 is 1.26 bits per heavy atom. The molecule has 0 aliphatic heterocycles. The maximum Gasteiger partial charge on any atom is 0.238 e. The first-order valence-electron chi connectivity index (χ1n) is 8.17. The maximum absolute atomic E-state index is 13.1. The second-order valence-corrected chi connectivity index (χ2v) is 9.41. The molecule has 0 saturated carbocycles. The van der Waals surface area contributed by atoms with Crippen molar-refractivity contribution in [1.82, 2.24) is 10.3 Å². The Morgan fingerprint density at radius 2 is 2.00 bits per heavy atom. The van der Waals surface area contributed by atoms with E-state index in [0.29, 0.717) is 6.54 Å². The number of nitrogens with one attached hydrogen (secondary N) is 1. The summed E-state index contributed by atoms with van der Waals surface area (Å²) >= 11 is 2.42. The molecule has 1 aromatic carbocycles. The fraction of sp³-hybridized carbons (Fsp3) is 0.222. The molecule has 6 nitrogen and oxygen atoms in total. The molecule has 3 aromatic rings. The van der Waals surface area contributed by atoms with Crippen LogP contribution in [-0.2, 0) is 14.6 Å². The van der Waals surface area contributed by atoms with Gasteiger partial charge >= 0.3 is 0 Å². The summed E-state index contributed by atoms with van der Waals surface area (Å²) in [6, 6.07) is 10.2. The van der Waals surface area contributed by atoms with E-state index < -0.39 is 9.84 Å². The Morgan fingerprint density at radius 3 is 2.63 bits per heavy atom. The number of aryl methyl sites for hydroxylation is 1. The van der Waals surface area contributed by atoms with Gasteiger partial charge in [-0.05, 0) is 37.4 Å². The molecule has 3 rings (SSSR count). The van der Waals surface area contributed by atoms with Gasteiger partial charge in [0.1, 0.15) is 0 Å². The summed E-state index contributed by atoms with van der Waals surface area (Å²) in [5.41, 5.74) is 0.958. The van der Waals surface area contributed by atoms with E-state index in [9.17, 15) is 13.2 Å². The van der Waals surface area contributed by atoms with E-state index in [0.717, 1.165) is 22.2 Å². The molecule has 1 amide bonds. The standard InChI is InChI=1S/C18H18N2O4S3/c1-3-19-15(21)11-26-18-17(20-16(24-18)14-5-4-10-25-14)27(22,23)13-8-6-12(2)7-9-13/h4-10H,3,11H2,1-2H3,(H,19,21). The van der Waals surface area contributed by atoms with Crippen molar-refractivity contribution in [2.45, 2.75) is 28.9 Å². The summed E-state index contributed by atoms with van der Waals surface area (Å²) in [6.07, 6.45) is 0. The summed E-state index contributed by atoms with van der Waals surface area (Å²) in [7, 11) is -3.87. The van der Waals surface area contributed by atoms with Crippen molar-refractivity contribution in [3.63, 3.8) is 0 Å². The van der Waals surface area contributed by atoms with Crippen molar-refractivity contribution in [2.24, 2.45) is 0 Å². The molecule has 0 saturated heterocycles. The summed E-state index contributed by atoms with van der Waals surface area (Å²) in [4.78, 5) is 16.9. The summed E-state index contributed by atoms with van der Waals surface area (Å²) in [5.74, 6) is 0.0768. The Bertz CT molecular complexity index is 1020. The number of rotatable bonds is 7. The molecule has 0 aliphatic rings. The normalized spacial score (nSPS) is 11.5. The molecule has 9 heteroatoms. The van der Waals surface area contributed by atoms with Crippen LogP contribution in [0.5, 0.6) is 0 Å². The van der Waals surface area contributed by atoms with Gasteiger partial charge in [-0.25, -0.2) is 8.42 Å². The molecule has 0 spiro atoms. The number of sulfone groups is 1. The number of hydrogen-bond acceptors (Lipinski definition) is 7. The average Bonchev–Trinajstić information content (AvgIpc) is 3.30. The van der Waals surface area contributed by atoms with Crippen molar-refractivity contribution >= 4 is 38.8 Å². The number of benzene rings is 1. The lowest BCUT2D eigenvalue weighted by atomic mass is 10.2. The Balaban J connectivity index is 2.01. The molecule has 1 N–H and O–H groups in total. The number of aromatic nitrogens is 1. The van der Waals surface area contributed by atoms with Gasteiger partial charge in [-0.15, -0.1) is 11.3 Å². The van der Waals surface area contributed by atoms with Crippen molar-refractivity contribution in [2.75, 3.05) is 12.3 Å². The van der Waals surface area contributed by atoms with Gasteiger partial charge in [-0.2, -0.15) is 4.98 Å². The minimum Gasteiger partial charge on any atom is -0.428 e. The third-order valence-electron chi connectivity index (χ3n) is 3.59. The van der Waals surface area contributed by atoms with Crippen molar-refractivity contribution in [3.8, 4) is 10.8 Å². The van der Waals surface area contributed by atoms with Crippen molar-refractivity contribution < 1.29 is 17.6 Å². The zero-order chi connectivity index (χ0) is 19.4. The first kappa shape index (κ1) is 19.7. The lowest BCUT2D eigenvalue weighted by Crippen LogP contribution is -2.24. The van der Waals surface area contributed by atoms with Gasteiger partial charge < -0.3 is 9.73 Å². The third-order valence-corrected chi connectivity index (χ3v) is 7.20. The van der Waals surface area contributed by atoms with Gasteiger partial charge in [0.05, 0.1) is 15.5 Å². The quantitative estimate of drug-likeness (QED) is 0.583. The molecule has 0 atom stereocenters. The van der Waals surface area contributed by atoms with E-state index in [1.807, 2.05) is 25.3 Å². The SMILES string of the molecule is CCNC(=O)CSc1oc(-c2cccs2)nc1S(=O)(=O)c1ccc(C)cc1. The van der Waals surface area contributed by atoms with Gasteiger partial charge in [-0.1, -0.05) is 35.5 Å². The molecule has 2 aromatic heterocycles. The van der Waals surface area contributed by atoms with Crippen LogP contribution in [0, 0.1) is 6.92 Å². The molecule has 0 fully saturated rings. The summed E-state index contributed by atoms with van der Waals surface area (Å²) in [5, 5.41) is 4.49. The van der Waals surface area contributed by atoms with E-state index in [-0.39, 0.29) is 32.6 Å². The van der Waals surface area contributed by atoms with E-state index in [2.05, 4.69) is 10.3 Å². The number of carbonyl (C=O) groups is 1. The number of thiophene rings is 1. The number of amides is 1. The second-order valence-electron chi connectivity index (χ2n) is 5.65. The number of carbonyl (C=O) groups excluding carboxylic acids is 1. The van der Waals surface area contributed by atoms with E-state index >= 15 is 0 Å². The molecule has 0 aliphatic carbocycles. The average molecular weight is 423 g/mol. The highest BCUT2D eigenvalue weighted by Crippen LogP contribution is 2.36. The van der Waals surface area contributed by atoms with Crippen LogP contribution in [0.1, 0.15) is 12.5 Å². The lowest BCUT2D eigenvalue weighted by molar-refractivity contribution is -0.118. The number of nitrogens with zero attached hydrogens (tertiary/aromatic N) is 1. The molecule has 2 heterocycles. The fourth-order valence-corrected chi connectivity index (χ4v) is 5.28. The number of thioether (sulfide) groups is 1. The van der Waals surface area contributed by atoms with Gasteiger partial charge in [-0.3, -0.25) is 4.79 Å². The van der Waals surface area contributed by atoms with Crippen LogP contribution in [-0.4, -0.2) is 31.6 Å². The molecular formula is C18H18N2O4S3. The van der Waals surface area contributed by atoms with E-state index in [1.54, 1.807) is 30.3 Å². The molecule has 0 radical (unpaired) electrons. The molecule has 0 unspecified atom stereocenters. The number of hydrogen-bond donors (Lipinski definition) is 1. The maximum atomic E-state index is 13.1. The van der Waals surface area contributed by atoms with E-state index in [4.69, 9.17) is 4.42 Å². The Hall–Kier alpha value is -2.10. The summed E-state index contributed by atoms with van der Waals surface area (Å²) in [6.45, 7) is 4.21. The first-order chi connectivity index (χ1) is 12.9. The highest BCUT2D eigenvalue weighted by atomic mass is 32.2. The Kier molecular flexibility index (Phi) is 6.03. The minimum atomic E-state index is -3.87. The number of oxazole rings is 1. The molecule has 0 bridgehead atoms. The zero-order valence-corrected chi connectivity index (χ0v) is 17.2. The van der Waals surface area contributed by atoms with Gasteiger partial charge in [0, 0.05) is 6.54 Å². The topological polar surface area (TPSA) is 89.3 Å². The van der Waals surface area contributed by atoms with Gasteiger partial charge in [0.2, 0.25) is 31.8 Å². The second kappa shape index (κ2) is 8.28. The smallest absolute Gasteiger partial charge is 0.238 e. The fourth-order valence-electron chi connectivity index (χ4n) is 2.27. The van der Waals surface area contributed by atoms with Crippen molar-refractivity contribution in [1.29, 1.82) is 0 Å². The van der Waals surface area contributed by atoms with Crippen LogP contribution >= 0.6 is 23.1 Å². The largest absolute Gasteiger partial charge is 0.428 e. The highest BCUT2D eigenvalue weighted by Gasteiger charge is 2.29. The molecule has 142 valence electrons. The van der Waals surface area contributed by atoms with Crippen LogP contribution in [0.25, 0.3) is 10.8 Å². The first-order valence-corrected chi connectivity index (χ1v) is 11.5. The predicted molar refractivity (Wildman–Crippen MR) is 106 cm³/mol. The van der Waals surface area contributed by atoms with Crippen LogP contribution < -0.4 is 5.32 Å². The van der Waals surface area contributed by atoms with Crippen LogP contribution in [0.3, 0.4) is 0 Å². The van der Waals surface area contributed by atoms with Crippen LogP contribution in [0.15, 0.2) is 61.2 Å². The Labute approximate surface area is 165 Å². The third kappa shape index (κ3) is 4.42. The minimum absolute atomic E-state index is 0.0450. The molecular weight excluding hydrogens is 404 g/mol. The van der Waals surface area contributed by atoms with Gasteiger partial charge in [0.25, 0.3) is 0 Å². The van der Waals surface area contributed by atoms with Crippen molar-refractivity contribution in [3.05, 3.63) is 47.3 Å². The lowest BCUT2D eigenvalue weighted by Gasteiger charge is -2.04. The van der Waals surface area contributed by atoms with E-state index in [1.165, 1.54) is 11.3 Å². The predicted octanol–water partition coefficient (Wildman–Crippen LogP) is 3.77.